The molecule has 3 aromatic rings. The van der Waals surface area contributed by atoms with Crippen LogP contribution in [-0.4, -0.2) is 29.8 Å². The van der Waals surface area contributed by atoms with Gasteiger partial charge in [-0.1, -0.05) is 32.1 Å². The third kappa shape index (κ3) is 3.68. The molecular weight excluding hydrogens is 372 g/mol. The average Bonchev–Trinajstić information content (AvgIpc) is 3.09. The second kappa shape index (κ2) is 6.55. The van der Waals surface area contributed by atoms with E-state index in [0.29, 0.717) is 17.4 Å². The topological polar surface area (TPSA) is 86.1 Å². The summed E-state index contributed by atoms with van der Waals surface area (Å²) in [5.74, 6) is 0.736. The number of aromatic nitrogens is 3. The Morgan fingerprint density at radius 2 is 2.04 bits per heavy atom. The van der Waals surface area contributed by atoms with E-state index in [4.69, 9.17) is 4.74 Å². The zero-order valence-corrected chi connectivity index (χ0v) is 17.0. The lowest BCUT2D eigenvalue weighted by atomic mass is 9.92. The van der Waals surface area contributed by atoms with Gasteiger partial charge in [-0.3, -0.25) is 9.40 Å². The molecule has 0 saturated heterocycles. The van der Waals surface area contributed by atoms with Crippen molar-refractivity contribution in [3.05, 3.63) is 30.1 Å². The summed E-state index contributed by atoms with van der Waals surface area (Å²) in [6.45, 7) is 8.28. The molecule has 0 amide bonds. The highest BCUT2D eigenvalue weighted by atomic mass is 32.2. The number of aryl methyl sites for hydroxylation is 1. The van der Waals surface area contributed by atoms with E-state index in [1.54, 1.807) is 7.05 Å². The first-order valence-electron chi connectivity index (χ1n) is 8.20. The summed E-state index contributed by atoms with van der Waals surface area (Å²) in [6.07, 6.45) is 1.52. The smallest absolute Gasteiger partial charge is 0.267 e. The highest BCUT2D eigenvalue weighted by Crippen LogP contribution is 2.32. The van der Waals surface area contributed by atoms with Gasteiger partial charge < -0.3 is 4.74 Å². The second-order valence-corrected chi connectivity index (χ2v) is 9.63. The van der Waals surface area contributed by atoms with Crippen molar-refractivity contribution in [2.45, 2.75) is 38.0 Å². The number of sulfonamides is 1. The molecule has 7 nitrogen and oxygen atoms in total. The number of hydrogen-bond acceptors (Lipinski definition) is 6. The Kier molecular flexibility index (Phi) is 4.70. The molecule has 0 aliphatic carbocycles. The fourth-order valence-corrected chi connectivity index (χ4v) is 5.08. The molecule has 0 fully saturated rings. The fourth-order valence-electron chi connectivity index (χ4n) is 2.56. The summed E-state index contributed by atoms with van der Waals surface area (Å²) in [5, 5.41) is 4.65. The predicted octanol–water partition coefficient (Wildman–Crippen LogP) is 3.53. The molecule has 0 aliphatic heterocycles. The van der Waals surface area contributed by atoms with E-state index >= 15 is 0 Å². The molecule has 0 atom stereocenters. The van der Waals surface area contributed by atoms with Crippen LogP contribution in [0.15, 0.2) is 29.3 Å². The van der Waals surface area contributed by atoms with Crippen LogP contribution in [0.25, 0.3) is 10.2 Å². The van der Waals surface area contributed by atoms with Gasteiger partial charge in [-0.2, -0.15) is 5.10 Å². The maximum atomic E-state index is 12.9. The third-order valence-electron chi connectivity index (χ3n) is 3.69. The van der Waals surface area contributed by atoms with Crippen molar-refractivity contribution in [2.24, 2.45) is 7.05 Å². The van der Waals surface area contributed by atoms with Crippen molar-refractivity contribution in [3.63, 3.8) is 0 Å². The minimum absolute atomic E-state index is 0.168. The van der Waals surface area contributed by atoms with E-state index in [2.05, 4.69) is 14.8 Å². The summed E-state index contributed by atoms with van der Waals surface area (Å²) in [4.78, 5) is 4.54. The molecule has 0 spiro atoms. The van der Waals surface area contributed by atoms with Gasteiger partial charge in [-0.15, -0.1) is 0 Å². The Labute approximate surface area is 157 Å². The van der Waals surface area contributed by atoms with E-state index in [1.807, 2.05) is 45.9 Å². The van der Waals surface area contributed by atoms with E-state index in [-0.39, 0.29) is 4.90 Å². The highest BCUT2D eigenvalue weighted by Gasteiger charge is 2.30. The van der Waals surface area contributed by atoms with Crippen LogP contribution in [0.1, 0.15) is 33.4 Å². The molecule has 0 unspecified atom stereocenters. The molecule has 0 aliphatic rings. The van der Waals surface area contributed by atoms with Crippen molar-refractivity contribution in [2.75, 3.05) is 11.3 Å². The molecule has 1 aromatic carbocycles. The third-order valence-corrected chi connectivity index (χ3v) is 6.09. The Bertz CT molecular complexity index is 1050. The van der Waals surface area contributed by atoms with Crippen LogP contribution in [0.2, 0.25) is 0 Å². The molecule has 26 heavy (non-hydrogen) atoms. The van der Waals surface area contributed by atoms with E-state index < -0.39 is 15.4 Å². The summed E-state index contributed by atoms with van der Waals surface area (Å²) < 4.78 is 36.3. The Balaban J connectivity index is 1.96. The highest BCUT2D eigenvalue weighted by molar-refractivity contribution is 7.93. The summed E-state index contributed by atoms with van der Waals surface area (Å²) in [6, 6.07) is 5.50. The first kappa shape index (κ1) is 18.7. The number of fused-ring (bicyclic) bond motifs is 1. The molecule has 0 radical (unpaired) electrons. The Hall–Kier alpha value is -2.13. The number of rotatable bonds is 5. The normalized spacial score (nSPS) is 12.5. The zero-order chi connectivity index (χ0) is 19.1. The minimum Gasteiger partial charge on any atom is -0.494 e. The van der Waals surface area contributed by atoms with Crippen LogP contribution in [-0.2, 0) is 22.5 Å². The van der Waals surface area contributed by atoms with Crippen LogP contribution in [0, 0.1) is 0 Å². The maximum Gasteiger partial charge on any atom is 0.267 e. The Morgan fingerprint density at radius 1 is 1.31 bits per heavy atom. The molecule has 2 heterocycles. The number of nitrogens with one attached hydrogen (secondary N) is 1. The predicted molar refractivity (Wildman–Crippen MR) is 104 cm³/mol. The summed E-state index contributed by atoms with van der Waals surface area (Å²) in [5.41, 5.74) is 0.844. The number of nitrogens with zero attached hydrogens (tertiary/aromatic N) is 3. The lowest BCUT2D eigenvalue weighted by Crippen LogP contribution is -2.20. The number of ether oxygens (including phenoxy) is 1. The van der Waals surface area contributed by atoms with Gasteiger partial charge >= 0.3 is 0 Å². The maximum absolute atomic E-state index is 12.9. The van der Waals surface area contributed by atoms with Crippen LogP contribution in [0.5, 0.6) is 5.75 Å². The van der Waals surface area contributed by atoms with E-state index in [0.717, 1.165) is 16.0 Å². The monoisotopic (exact) mass is 394 g/mol. The molecule has 2 aromatic heterocycles. The van der Waals surface area contributed by atoms with E-state index in [1.165, 1.54) is 22.2 Å². The zero-order valence-electron chi connectivity index (χ0n) is 15.4. The lowest BCUT2D eigenvalue weighted by Gasteiger charge is -2.17. The molecular formula is C17H22N4O3S2. The number of hydrogen-bond donors (Lipinski definition) is 1. The van der Waals surface area contributed by atoms with Crippen LogP contribution in [0.4, 0.5) is 5.13 Å². The van der Waals surface area contributed by atoms with Crippen molar-refractivity contribution in [1.82, 2.24) is 14.8 Å². The quantitative estimate of drug-likeness (QED) is 0.715. The van der Waals surface area contributed by atoms with Crippen LogP contribution in [0.3, 0.4) is 0 Å². The van der Waals surface area contributed by atoms with Gasteiger partial charge in [0.25, 0.3) is 10.0 Å². The molecule has 0 bridgehead atoms. The lowest BCUT2D eigenvalue weighted by molar-refractivity contribution is 0.341. The summed E-state index contributed by atoms with van der Waals surface area (Å²) >= 11 is 1.27. The van der Waals surface area contributed by atoms with Gasteiger partial charge in [0.15, 0.2) is 5.13 Å². The van der Waals surface area contributed by atoms with Crippen molar-refractivity contribution in [1.29, 1.82) is 0 Å². The molecule has 140 valence electrons. The molecule has 3 rings (SSSR count). The molecule has 0 saturated carbocycles. The van der Waals surface area contributed by atoms with Gasteiger partial charge in [0.2, 0.25) is 0 Å². The minimum atomic E-state index is -3.79. The molecule has 1 N–H and O–H groups in total. The van der Waals surface area contributed by atoms with Gasteiger partial charge in [-0.05, 0) is 25.1 Å². The standard InChI is InChI=1S/C17H22N4O3S2/c1-6-24-11-7-8-12-13(9-11)25-16(18-12)20-26(22,23)14-10-21(5)19-15(14)17(2,3)4/h7-10H,6H2,1-5H3,(H,18,20). The van der Waals surface area contributed by atoms with E-state index in [9.17, 15) is 8.42 Å². The average molecular weight is 395 g/mol. The fraction of sp³-hybridized carbons (Fsp3) is 0.412. The number of benzene rings is 1. The second-order valence-electron chi connectivity index (χ2n) is 6.95. The molecule has 9 heteroatoms. The number of thiazole rings is 1. The largest absolute Gasteiger partial charge is 0.494 e. The van der Waals surface area contributed by atoms with Crippen molar-refractivity contribution >= 4 is 36.7 Å². The van der Waals surface area contributed by atoms with Crippen LogP contribution >= 0.6 is 11.3 Å². The first-order valence-corrected chi connectivity index (χ1v) is 10.5. The van der Waals surface area contributed by atoms with Crippen molar-refractivity contribution in [3.8, 4) is 5.75 Å². The first-order chi connectivity index (χ1) is 12.1. The Morgan fingerprint density at radius 3 is 2.69 bits per heavy atom. The van der Waals surface area contributed by atoms with Gasteiger partial charge in [-0.25, -0.2) is 13.4 Å². The van der Waals surface area contributed by atoms with Gasteiger partial charge in [0.05, 0.1) is 22.5 Å². The van der Waals surface area contributed by atoms with Gasteiger partial charge in [0, 0.05) is 18.7 Å². The summed E-state index contributed by atoms with van der Waals surface area (Å²) in [7, 11) is -2.08. The number of anilines is 1. The SMILES string of the molecule is CCOc1ccc2nc(NS(=O)(=O)c3cn(C)nc3C(C)(C)C)sc2c1. The van der Waals surface area contributed by atoms with Crippen molar-refractivity contribution < 1.29 is 13.2 Å². The van der Waals surface area contributed by atoms with Crippen LogP contribution < -0.4 is 9.46 Å². The van der Waals surface area contributed by atoms with Gasteiger partial charge in [0.1, 0.15) is 10.6 Å².